The first-order chi connectivity index (χ1) is 10.8. The first-order valence-corrected chi connectivity index (χ1v) is 9.07. The zero-order valence-electron chi connectivity index (χ0n) is 17.3. The molecule has 3 heteroatoms. The van der Waals surface area contributed by atoms with Crippen LogP contribution in [0.4, 0.5) is 5.69 Å². The molecule has 0 fully saturated rings. The van der Waals surface area contributed by atoms with Gasteiger partial charge in [-0.2, -0.15) is 0 Å². The van der Waals surface area contributed by atoms with Gasteiger partial charge in [0.25, 0.3) is 0 Å². The van der Waals surface area contributed by atoms with Gasteiger partial charge in [0, 0.05) is 12.1 Å². The fourth-order valence-corrected chi connectivity index (χ4v) is 2.50. The second-order valence-corrected chi connectivity index (χ2v) is 9.29. The lowest BCUT2D eigenvalue weighted by molar-refractivity contribution is 0.577. The van der Waals surface area contributed by atoms with E-state index >= 15 is 0 Å². The van der Waals surface area contributed by atoms with Crippen molar-refractivity contribution in [1.82, 2.24) is 10.6 Å². The monoisotopic (exact) mass is 331 g/mol. The van der Waals surface area contributed by atoms with E-state index in [1.165, 1.54) is 11.1 Å². The highest BCUT2D eigenvalue weighted by molar-refractivity contribution is 5.83. The maximum absolute atomic E-state index is 4.97. The molecule has 2 N–H and O–H groups in total. The largest absolute Gasteiger partial charge is 0.354 e. The van der Waals surface area contributed by atoms with Gasteiger partial charge in [0.15, 0.2) is 5.96 Å². The Kier molecular flexibility index (Phi) is 6.49. The number of rotatable bonds is 3. The van der Waals surface area contributed by atoms with Crippen molar-refractivity contribution in [2.75, 3.05) is 0 Å². The van der Waals surface area contributed by atoms with Gasteiger partial charge in [-0.25, -0.2) is 4.99 Å². The van der Waals surface area contributed by atoms with E-state index in [0.29, 0.717) is 12.1 Å². The molecule has 0 saturated carbocycles. The third-order valence-corrected chi connectivity index (χ3v) is 3.75. The molecule has 0 saturated heterocycles. The van der Waals surface area contributed by atoms with E-state index in [0.717, 1.165) is 11.6 Å². The maximum atomic E-state index is 4.97. The van der Waals surface area contributed by atoms with Crippen LogP contribution in [0.2, 0.25) is 0 Å². The van der Waals surface area contributed by atoms with Crippen LogP contribution in [0.1, 0.15) is 80.4 Å². The summed E-state index contributed by atoms with van der Waals surface area (Å²) in [5.41, 5.74) is 3.78. The number of hydrogen-bond donors (Lipinski definition) is 2. The minimum atomic E-state index is 0.0516. The molecule has 0 bridgehead atoms. The lowest BCUT2D eigenvalue weighted by Gasteiger charge is -2.26. The minimum absolute atomic E-state index is 0.0516. The highest BCUT2D eigenvalue weighted by Gasteiger charge is 2.22. The third kappa shape index (κ3) is 6.18. The zero-order valence-corrected chi connectivity index (χ0v) is 17.3. The number of nitrogens with zero attached hydrogens (tertiary/aromatic N) is 1. The summed E-state index contributed by atoms with van der Waals surface area (Å²) < 4.78 is 0. The van der Waals surface area contributed by atoms with E-state index < -0.39 is 0 Å². The Morgan fingerprint density at radius 2 is 1.33 bits per heavy atom. The van der Waals surface area contributed by atoms with E-state index in [4.69, 9.17) is 4.99 Å². The van der Waals surface area contributed by atoms with Crippen LogP contribution < -0.4 is 10.6 Å². The summed E-state index contributed by atoms with van der Waals surface area (Å²) in [6.07, 6.45) is 0. The zero-order chi connectivity index (χ0) is 18.7. The molecule has 1 aromatic rings. The fraction of sp³-hybridized carbons (Fsp3) is 0.667. The Bertz CT molecular complexity index is 558. The van der Waals surface area contributed by atoms with Gasteiger partial charge in [0.2, 0.25) is 0 Å². The average Bonchev–Trinajstić information content (AvgIpc) is 2.34. The van der Waals surface area contributed by atoms with E-state index in [9.17, 15) is 0 Å². The SMILES string of the molecule is CC(C)NC(=Nc1cc(C(C)(C)C)ccc1C(C)(C)C)NC(C)C. The van der Waals surface area contributed by atoms with Crippen LogP contribution in [0.15, 0.2) is 23.2 Å². The minimum Gasteiger partial charge on any atom is -0.354 e. The molecule has 24 heavy (non-hydrogen) atoms. The Balaban J connectivity index is 3.46. The molecule has 0 atom stereocenters. The predicted molar refractivity (Wildman–Crippen MR) is 107 cm³/mol. The molecule has 1 aromatic carbocycles. The summed E-state index contributed by atoms with van der Waals surface area (Å²) in [6.45, 7) is 22.0. The van der Waals surface area contributed by atoms with E-state index in [-0.39, 0.29) is 10.8 Å². The summed E-state index contributed by atoms with van der Waals surface area (Å²) in [4.78, 5) is 4.97. The number of nitrogens with one attached hydrogen (secondary N) is 2. The molecule has 0 spiro atoms. The Labute approximate surface area is 149 Å². The topological polar surface area (TPSA) is 36.4 Å². The van der Waals surface area contributed by atoms with Crippen molar-refractivity contribution in [2.45, 2.75) is 92.2 Å². The van der Waals surface area contributed by atoms with Crippen molar-refractivity contribution in [3.63, 3.8) is 0 Å². The summed E-state index contributed by atoms with van der Waals surface area (Å²) in [5.74, 6) is 0.844. The second-order valence-electron chi connectivity index (χ2n) is 9.29. The Hall–Kier alpha value is -1.51. The van der Waals surface area contributed by atoms with Gasteiger partial charge in [-0.1, -0.05) is 53.7 Å². The predicted octanol–water partition coefficient (Wildman–Crippen LogP) is 5.27. The van der Waals surface area contributed by atoms with Crippen LogP contribution in [-0.4, -0.2) is 18.0 Å². The molecule has 0 aliphatic carbocycles. The van der Waals surface area contributed by atoms with Crippen LogP contribution in [0.3, 0.4) is 0 Å². The van der Waals surface area contributed by atoms with Gasteiger partial charge in [0.1, 0.15) is 0 Å². The summed E-state index contributed by atoms with van der Waals surface area (Å²) in [7, 11) is 0. The molecular formula is C21H37N3. The summed E-state index contributed by atoms with van der Waals surface area (Å²) in [6, 6.07) is 7.38. The summed E-state index contributed by atoms with van der Waals surface area (Å²) in [5, 5.41) is 6.87. The number of guanidine groups is 1. The standard InChI is InChI=1S/C21H37N3/c1-14(2)22-19(23-15(3)4)24-18-13-16(20(5,6)7)11-12-17(18)21(8,9)10/h11-15H,1-10H3,(H2,22,23,24). The molecule has 0 aromatic heterocycles. The molecule has 3 nitrogen and oxygen atoms in total. The van der Waals surface area contributed by atoms with Crippen LogP contribution in [0.5, 0.6) is 0 Å². The first-order valence-electron chi connectivity index (χ1n) is 9.07. The molecule has 0 radical (unpaired) electrons. The van der Waals surface area contributed by atoms with Gasteiger partial charge in [-0.3, -0.25) is 0 Å². The lowest BCUT2D eigenvalue weighted by Crippen LogP contribution is -2.43. The molecule has 0 unspecified atom stereocenters. The van der Waals surface area contributed by atoms with Crippen LogP contribution in [0, 0.1) is 0 Å². The third-order valence-electron chi connectivity index (χ3n) is 3.75. The van der Waals surface area contributed by atoms with E-state index in [1.54, 1.807) is 0 Å². The van der Waals surface area contributed by atoms with Gasteiger partial charge in [-0.05, 0) is 55.7 Å². The average molecular weight is 332 g/mol. The van der Waals surface area contributed by atoms with Crippen molar-refractivity contribution in [3.05, 3.63) is 29.3 Å². The van der Waals surface area contributed by atoms with Gasteiger partial charge < -0.3 is 10.6 Å². The lowest BCUT2D eigenvalue weighted by atomic mass is 9.81. The maximum Gasteiger partial charge on any atom is 0.196 e. The van der Waals surface area contributed by atoms with E-state index in [2.05, 4.69) is 98.1 Å². The molecule has 0 aliphatic heterocycles. The molecule has 0 aliphatic rings. The highest BCUT2D eigenvalue weighted by atomic mass is 15.2. The van der Waals surface area contributed by atoms with Crippen molar-refractivity contribution in [3.8, 4) is 0 Å². The normalized spacial score (nSPS) is 12.5. The van der Waals surface area contributed by atoms with Crippen LogP contribution in [0.25, 0.3) is 0 Å². The summed E-state index contributed by atoms with van der Waals surface area (Å²) >= 11 is 0. The van der Waals surface area contributed by atoms with Crippen LogP contribution >= 0.6 is 0 Å². The number of benzene rings is 1. The van der Waals surface area contributed by atoms with Crippen molar-refractivity contribution < 1.29 is 0 Å². The fourth-order valence-electron chi connectivity index (χ4n) is 2.50. The van der Waals surface area contributed by atoms with E-state index in [1.807, 2.05) is 0 Å². The van der Waals surface area contributed by atoms with Gasteiger partial charge in [-0.15, -0.1) is 0 Å². The highest BCUT2D eigenvalue weighted by Crippen LogP contribution is 2.35. The molecule has 0 heterocycles. The number of aliphatic imine (C=N–C) groups is 1. The Morgan fingerprint density at radius 1 is 0.833 bits per heavy atom. The Morgan fingerprint density at radius 3 is 1.71 bits per heavy atom. The quantitative estimate of drug-likeness (QED) is 0.585. The van der Waals surface area contributed by atoms with Crippen molar-refractivity contribution in [2.24, 2.45) is 4.99 Å². The van der Waals surface area contributed by atoms with Crippen molar-refractivity contribution in [1.29, 1.82) is 0 Å². The van der Waals surface area contributed by atoms with Gasteiger partial charge in [0.05, 0.1) is 5.69 Å². The second kappa shape index (κ2) is 7.58. The van der Waals surface area contributed by atoms with Gasteiger partial charge >= 0.3 is 0 Å². The van der Waals surface area contributed by atoms with Crippen LogP contribution in [-0.2, 0) is 10.8 Å². The molecule has 0 amide bonds. The smallest absolute Gasteiger partial charge is 0.196 e. The first kappa shape index (κ1) is 20.5. The molecule has 136 valence electrons. The van der Waals surface area contributed by atoms with Crippen molar-refractivity contribution >= 4 is 11.6 Å². The number of hydrogen-bond acceptors (Lipinski definition) is 1. The molecular weight excluding hydrogens is 294 g/mol. The molecule has 1 rings (SSSR count).